The summed E-state index contributed by atoms with van der Waals surface area (Å²) in [6, 6.07) is 3.64. The zero-order valence-corrected chi connectivity index (χ0v) is 9.24. The topological polar surface area (TPSA) is 70.9 Å². The molecule has 0 spiro atoms. The van der Waals surface area contributed by atoms with Crippen molar-refractivity contribution in [3.8, 4) is 0 Å². The van der Waals surface area contributed by atoms with Crippen LogP contribution in [-0.2, 0) is 6.54 Å². The van der Waals surface area contributed by atoms with Crippen LogP contribution in [0.2, 0.25) is 0 Å². The van der Waals surface area contributed by atoms with Crippen LogP contribution in [0.1, 0.15) is 5.76 Å². The normalized spacial score (nSPS) is 10.2. The molecule has 0 saturated heterocycles. The van der Waals surface area contributed by atoms with E-state index in [0.29, 0.717) is 16.8 Å². The molecule has 2 heterocycles. The zero-order valence-electron chi connectivity index (χ0n) is 7.66. The van der Waals surface area contributed by atoms with Crippen LogP contribution in [0.3, 0.4) is 0 Å². The summed E-state index contributed by atoms with van der Waals surface area (Å²) >= 11 is 3.15. The minimum atomic E-state index is -0.216. The Morgan fingerprint density at radius 3 is 3.20 bits per heavy atom. The number of hydrogen-bond acceptors (Lipinski definition) is 4. The van der Waals surface area contributed by atoms with Gasteiger partial charge in [0.05, 0.1) is 19.1 Å². The van der Waals surface area contributed by atoms with Gasteiger partial charge < -0.3 is 14.7 Å². The molecule has 6 heteroatoms. The number of anilines is 1. The van der Waals surface area contributed by atoms with Crippen LogP contribution < -0.4 is 10.9 Å². The molecule has 0 bridgehead atoms. The molecule has 2 aromatic rings. The second kappa shape index (κ2) is 4.31. The summed E-state index contributed by atoms with van der Waals surface area (Å²) in [7, 11) is 0. The van der Waals surface area contributed by atoms with E-state index < -0.39 is 0 Å². The van der Waals surface area contributed by atoms with Gasteiger partial charge in [0.25, 0.3) is 5.56 Å². The minimum absolute atomic E-state index is 0.216. The molecular weight excluding hydrogens is 262 g/mol. The van der Waals surface area contributed by atoms with E-state index in [4.69, 9.17) is 4.42 Å². The van der Waals surface area contributed by atoms with Gasteiger partial charge >= 0.3 is 0 Å². The smallest absolute Gasteiger partial charge is 0.267 e. The molecule has 0 aliphatic rings. The Morgan fingerprint density at radius 1 is 1.60 bits per heavy atom. The lowest BCUT2D eigenvalue weighted by molar-refractivity contribution is 0.517. The summed E-state index contributed by atoms with van der Waals surface area (Å²) in [6.45, 7) is 0.488. The molecule has 2 rings (SSSR count). The second-order valence-corrected chi connectivity index (χ2v) is 3.62. The molecule has 0 unspecified atom stereocenters. The number of nitrogens with one attached hydrogen (secondary N) is 2. The van der Waals surface area contributed by atoms with Crippen molar-refractivity contribution in [2.75, 3.05) is 5.32 Å². The molecule has 0 fully saturated rings. The molecule has 78 valence electrons. The molecule has 5 nitrogen and oxygen atoms in total. The Balaban J connectivity index is 2.12. The Kier molecular flexibility index (Phi) is 2.86. The van der Waals surface area contributed by atoms with Crippen LogP contribution in [0.5, 0.6) is 0 Å². The number of aromatic amines is 1. The highest BCUT2D eigenvalue weighted by Gasteiger charge is 2.04. The van der Waals surface area contributed by atoms with E-state index >= 15 is 0 Å². The summed E-state index contributed by atoms with van der Waals surface area (Å²) in [5.41, 5.74) is -0.216. The Morgan fingerprint density at radius 2 is 2.47 bits per heavy atom. The van der Waals surface area contributed by atoms with Crippen LogP contribution in [0.4, 0.5) is 5.82 Å². The van der Waals surface area contributed by atoms with E-state index in [9.17, 15) is 4.79 Å². The summed E-state index contributed by atoms with van der Waals surface area (Å²) < 4.78 is 5.52. The van der Waals surface area contributed by atoms with Crippen molar-refractivity contribution < 1.29 is 4.42 Å². The first-order valence-corrected chi connectivity index (χ1v) is 5.06. The monoisotopic (exact) mass is 269 g/mol. The fourth-order valence-corrected chi connectivity index (χ4v) is 1.45. The number of hydrogen-bond donors (Lipinski definition) is 2. The number of H-pyrrole nitrogens is 1. The molecule has 0 aliphatic heterocycles. The van der Waals surface area contributed by atoms with Gasteiger partial charge in [0, 0.05) is 0 Å². The lowest BCUT2D eigenvalue weighted by atomic mass is 10.4. The predicted molar refractivity (Wildman–Crippen MR) is 58.6 cm³/mol. The molecule has 2 N–H and O–H groups in total. The lowest BCUT2D eigenvalue weighted by Gasteiger charge is -2.03. The highest BCUT2D eigenvalue weighted by atomic mass is 79.9. The molecule has 0 amide bonds. The van der Waals surface area contributed by atoms with Gasteiger partial charge in [-0.2, -0.15) is 0 Å². The number of furan rings is 1. The van der Waals surface area contributed by atoms with Crippen LogP contribution in [0.25, 0.3) is 0 Å². The van der Waals surface area contributed by atoms with Crippen molar-refractivity contribution in [3.05, 3.63) is 45.3 Å². The second-order valence-electron chi connectivity index (χ2n) is 2.83. The first-order chi connectivity index (χ1) is 7.27. The molecular formula is C9H8BrN3O2. The number of aromatic nitrogens is 2. The van der Waals surface area contributed by atoms with Gasteiger partial charge in [0.1, 0.15) is 16.1 Å². The maximum atomic E-state index is 11.2. The third kappa shape index (κ3) is 2.27. The van der Waals surface area contributed by atoms with Crippen molar-refractivity contribution in [2.24, 2.45) is 0 Å². The third-order valence-corrected chi connectivity index (χ3v) is 2.54. The molecule has 0 saturated carbocycles. The van der Waals surface area contributed by atoms with Gasteiger partial charge in [0.2, 0.25) is 0 Å². The fraction of sp³-hybridized carbons (Fsp3) is 0.111. The van der Waals surface area contributed by atoms with Gasteiger partial charge in [-0.05, 0) is 28.1 Å². The highest BCUT2D eigenvalue weighted by Crippen LogP contribution is 2.14. The van der Waals surface area contributed by atoms with Crippen LogP contribution in [-0.4, -0.2) is 9.97 Å². The number of halogens is 1. The van der Waals surface area contributed by atoms with Crippen LogP contribution >= 0.6 is 15.9 Å². The summed E-state index contributed by atoms with van der Waals surface area (Å²) in [6.07, 6.45) is 2.94. The number of rotatable bonds is 3. The molecule has 0 aromatic carbocycles. The summed E-state index contributed by atoms with van der Waals surface area (Å²) in [5, 5.41) is 2.98. The average molecular weight is 270 g/mol. The van der Waals surface area contributed by atoms with Gasteiger partial charge in [-0.15, -0.1) is 0 Å². The molecule has 15 heavy (non-hydrogen) atoms. The van der Waals surface area contributed by atoms with E-state index in [-0.39, 0.29) is 5.56 Å². The lowest BCUT2D eigenvalue weighted by Crippen LogP contribution is -2.11. The van der Waals surface area contributed by atoms with Crippen molar-refractivity contribution in [2.45, 2.75) is 6.54 Å². The number of nitrogens with zero attached hydrogens (tertiary/aromatic N) is 1. The van der Waals surface area contributed by atoms with Gasteiger partial charge in [-0.25, -0.2) is 4.98 Å². The van der Waals surface area contributed by atoms with Crippen molar-refractivity contribution in [1.29, 1.82) is 0 Å². The van der Waals surface area contributed by atoms with Gasteiger partial charge in [-0.3, -0.25) is 4.79 Å². The van der Waals surface area contributed by atoms with Gasteiger partial charge in [0.15, 0.2) is 0 Å². The average Bonchev–Trinajstić information content (AvgIpc) is 2.73. The zero-order chi connectivity index (χ0) is 10.7. The highest BCUT2D eigenvalue weighted by molar-refractivity contribution is 9.10. The van der Waals surface area contributed by atoms with Crippen molar-refractivity contribution in [1.82, 2.24) is 9.97 Å². The first kappa shape index (κ1) is 9.97. The fourth-order valence-electron chi connectivity index (χ4n) is 1.09. The summed E-state index contributed by atoms with van der Waals surface area (Å²) in [5.74, 6) is 1.28. The Labute approximate surface area is 93.7 Å². The summed E-state index contributed by atoms with van der Waals surface area (Å²) in [4.78, 5) is 17.6. The molecule has 0 atom stereocenters. The minimum Gasteiger partial charge on any atom is -0.467 e. The third-order valence-electron chi connectivity index (χ3n) is 1.81. The first-order valence-electron chi connectivity index (χ1n) is 4.27. The van der Waals surface area contributed by atoms with E-state index in [0.717, 1.165) is 5.76 Å². The molecule has 0 aliphatic carbocycles. The Bertz CT molecular complexity index is 492. The maximum absolute atomic E-state index is 11.2. The Hall–Kier alpha value is -1.56. The molecule has 2 aromatic heterocycles. The van der Waals surface area contributed by atoms with Crippen molar-refractivity contribution in [3.63, 3.8) is 0 Å². The van der Waals surface area contributed by atoms with E-state index in [1.54, 1.807) is 12.3 Å². The predicted octanol–water partition coefficient (Wildman–Crippen LogP) is 1.74. The quantitative estimate of drug-likeness (QED) is 0.891. The van der Waals surface area contributed by atoms with E-state index in [2.05, 4.69) is 31.2 Å². The van der Waals surface area contributed by atoms with E-state index in [1.165, 1.54) is 6.33 Å². The standard InChI is InChI=1S/C9H8BrN3O2/c10-7-8(12-5-13-9(7)14)11-4-6-2-1-3-15-6/h1-3,5H,4H2,(H2,11,12,13,14). The maximum Gasteiger partial charge on any atom is 0.267 e. The van der Waals surface area contributed by atoms with Crippen LogP contribution in [0, 0.1) is 0 Å². The molecule has 0 radical (unpaired) electrons. The van der Waals surface area contributed by atoms with E-state index in [1.807, 2.05) is 6.07 Å². The van der Waals surface area contributed by atoms with Crippen LogP contribution in [0.15, 0.2) is 38.4 Å². The SMILES string of the molecule is O=c1[nH]cnc(NCc2ccco2)c1Br. The largest absolute Gasteiger partial charge is 0.467 e. The van der Waals surface area contributed by atoms with Crippen molar-refractivity contribution >= 4 is 21.7 Å². The van der Waals surface area contributed by atoms with Gasteiger partial charge in [-0.1, -0.05) is 0 Å².